The van der Waals surface area contributed by atoms with Crippen LogP contribution in [-0.4, -0.2) is 0 Å². The van der Waals surface area contributed by atoms with E-state index in [-0.39, 0.29) is 0 Å². The lowest BCUT2D eigenvalue weighted by Crippen LogP contribution is -2.09. The lowest BCUT2D eigenvalue weighted by molar-refractivity contribution is 1.29. The number of anilines is 3. The summed E-state index contributed by atoms with van der Waals surface area (Å²) in [7, 11) is 0. The van der Waals surface area contributed by atoms with Crippen molar-refractivity contribution in [2.24, 2.45) is 0 Å². The predicted octanol–water partition coefficient (Wildman–Crippen LogP) is 14.3. The minimum Gasteiger partial charge on any atom is -0.310 e. The molecule has 0 fully saturated rings. The van der Waals surface area contributed by atoms with E-state index in [0.717, 1.165) is 17.1 Å². The Morgan fingerprint density at radius 3 is 1.37 bits per heavy atom. The molecule has 10 aromatic carbocycles. The summed E-state index contributed by atoms with van der Waals surface area (Å²) in [6, 6.07) is 73.1. The predicted molar refractivity (Wildman–Crippen MR) is 220 cm³/mol. The highest BCUT2D eigenvalue weighted by molar-refractivity contribution is 6.10. The quantitative estimate of drug-likeness (QED) is 0.168. The van der Waals surface area contributed by atoms with Crippen molar-refractivity contribution in [1.29, 1.82) is 0 Å². The van der Waals surface area contributed by atoms with Crippen LogP contribution < -0.4 is 4.90 Å². The monoisotopic (exact) mass is 647 g/mol. The summed E-state index contributed by atoms with van der Waals surface area (Å²) in [6.45, 7) is 0. The summed E-state index contributed by atoms with van der Waals surface area (Å²) in [6.07, 6.45) is 0. The molecule has 10 rings (SSSR count). The molecule has 1 nitrogen and oxygen atoms in total. The van der Waals surface area contributed by atoms with E-state index in [2.05, 4.69) is 205 Å². The Labute approximate surface area is 297 Å². The average molecular weight is 648 g/mol. The fourth-order valence-corrected chi connectivity index (χ4v) is 7.84. The number of rotatable bonds is 5. The van der Waals surface area contributed by atoms with E-state index in [0.29, 0.717) is 0 Å². The summed E-state index contributed by atoms with van der Waals surface area (Å²) in [5, 5.41) is 12.6. The third kappa shape index (κ3) is 5.10. The van der Waals surface area contributed by atoms with Crippen molar-refractivity contribution < 1.29 is 0 Å². The van der Waals surface area contributed by atoms with Crippen molar-refractivity contribution in [3.05, 3.63) is 200 Å². The maximum absolute atomic E-state index is 2.38. The molecule has 0 amide bonds. The van der Waals surface area contributed by atoms with Gasteiger partial charge in [0.1, 0.15) is 0 Å². The van der Waals surface area contributed by atoms with Crippen molar-refractivity contribution >= 4 is 70.9 Å². The van der Waals surface area contributed by atoms with Gasteiger partial charge in [0.15, 0.2) is 0 Å². The summed E-state index contributed by atoms with van der Waals surface area (Å²) >= 11 is 0. The molecule has 0 radical (unpaired) electrons. The van der Waals surface area contributed by atoms with Crippen molar-refractivity contribution in [1.82, 2.24) is 0 Å². The highest BCUT2D eigenvalue weighted by Gasteiger charge is 2.15. The highest BCUT2D eigenvalue weighted by atomic mass is 15.1. The number of benzene rings is 10. The maximum Gasteiger partial charge on any atom is 0.0468 e. The molecule has 0 spiro atoms. The molecule has 0 aromatic heterocycles. The van der Waals surface area contributed by atoms with Gasteiger partial charge in [0.05, 0.1) is 0 Å². The molecule has 238 valence electrons. The lowest BCUT2D eigenvalue weighted by atomic mass is 9.97. The van der Waals surface area contributed by atoms with Crippen molar-refractivity contribution in [3.63, 3.8) is 0 Å². The van der Waals surface area contributed by atoms with Gasteiger partial charge in [-0.3, -0.25) is 0 Å². The van der Waals surface area contributed by atoms with Crippen LogP contribution in [0.25, 0.3) is 76.1 Å². The molecule has 0 aliphatic heterocycles. The summed E-state index contributed by atoms with van der Waals surface area (Å²) in [5.41, 5.74) is 8.22. The minimum absolute atomic E-state index is 1.11. The summed E-state index contributed by atoms with van der Waals surface area (Å²) < 4.78 is 0. The smallest absolute Gasteiger partial charge is 0.0468 e. The Balaban J connectivity index is 1.08. The van der Waals surface area contributed by atoms with E-state index in [1.54, 1.807) is 0 Å². The van der Waals surface area contributed by atoms with E-state index in [9.17, 15) is 0 Å². The SMILES string of the molecule is c1ccc2c(-c3ccc(N(c4ccc(-c5ccc6c(ccc7ccccc76)c5)cc4)c4ccc5ccc6ccccc6c5c4)cc3)cccc2c1. The Hall–Kier alpha value is -6.70. The molecule has 0 saturated heterocycles. The van der Waals surface area contributed by atoms with E-state index in [1.807, 2.05) is 0 Å². The second kappa shape index (κ2) is 12.0. The molecule has 0 aliphatic rings. The first-order valence-corrected chi connectivity index (χ1v) is 17.6. The molecular weight excluding hydrogens is 615 g/mol. The van der Waals surface area contributed by atoms with Crippen LogP contribution in [0.3, 0.4) is 0 Å². The maximum atomic E-state index is 2.38. The molecule has 0 unspecified atom stereocenters. The molecular formula is C50H33N. The molecule has 0 atom stereocenters. The van der Waals surface area contributed by atoms with Crippen LogP contribution in [0.5, 0.6) is 0 Å². The molecule has 0 heterocycles. The first-order chi connectivity index (χ1) is 25.3. The van der Waals surface area contributed by atoms with Gasteiger partial charge in [-0.1, -0.05) is 158 Å². The molecule has 0 bridgehead atoms. The van der Waals surface area contributed by atoms with Gasteiger partial charge in [-0.25, -0.2) is 0 Å². The van der Waals surface area contributed by atoms with E-state index in [4.69, 9.17) is 0 Å². The summed E-state index contributed by atoms with van der Waals surface area (Å²) in [5.74, 6) is 0. The average Bonchev–Trinajstić information content (AvgIpc) is 3.21. The van der Waals surface area contributed by atoms with Gasteiger partial charge in [-0.2, -0.15) is 0 Å². The van der Waals surface area contributed by atoms with Crippen LogP contribution in [0.4, 0.5) is 17.1 Å². The normalized spacial score (nSPS) is 11.5. The van der Waals surface area contributed by atoms with Crippen LogP contribution in [0.15, 0.2) is 200 Å². The van der Waals surface area contributed by atoms with Crippen molar-refractivity contribution in [2.45, 2.75) is 0 Å². The molecule has 51 heavy (non-hydrogen) atoms. The molecule has 0 aliphatic carbocycles. The van der Waals surface area contributed by atoms with Gasteiger partial charge >= 0.3 is 0 Å². The molecule has 10 aromatic rings. The van der Waals surface area contributed by atoms with E-state index in [1.165, 1.54) is 76.1 Å². The number of nitrogens with zero attached hydrogens (tertiary/aromatic N) is 1. The standard InChI is InChI=1S/C50H33N/c1-4-12-45-35(8-1)11-7-15-47(45)38-22-28-43(29-23-38)51(44-30-24-39-17-16-37-10-3-6-14-48(37)50(39)33-44)42-26-20-34(21-27-42)40-25-31-49-41(32-40)19-18-36-9-2-5-13-46(36)49/h1-33H. The van der Waals surface area contributed by atoms with E-state index < -0.39 is 0 Å². The molecule has 0 N–H and O–H groups in total. The van der Waals surface area contributed by atoms with Crippen molar-refractivity contribution in [2.75, 3.05) is 4.90 Å². The molecule has 0 saturated carbocycles. The second-order valence-electron chi connectivity index (χ2n) is 13.4. The highest BCUT2D eigenvalue weighted by Crippen LogP contribution is 2.40. The number of hydrogen-bond donors (Lipinski definition) is 0. The first kappa shape index (κ1) is 29.2. The largest absolute Gasteiger partial charge is 0.310 e. The van der Waals surface area contributed by atoms with Crippen LogP contribution in [0.1, 0.15) is 0 Å². The Kier molecular flexibility index (Phi) is 6.89. The van der Waals surface area contributed by atoms with Crippen LogP contribution in [0, 0.1) is 0 Å². The van der Waals surface area contributed by atoms with Crippen LogP contribution in [0.2, 0.25) is 0 Å². The Morgan fingerprint density at radius 2 is 0.686 bits per heavy atom. The Morgan fingerprint density at radius 1 is 0.235 bits per heavy atom. The van der Waals surface area contributed by atoms with Crippen LogP contribution in [-0.2, 0) is 0 Å². The van der Waals surface area contributed by atoms with E-state index >= 15 is 0 Å². The fraction of sp³-hybridized carbons (Fsp3) is 0. The third-order valence-electron chi connectivity index (χ3n) is 10.4. The third-order valence-corrected chi connectivity index (χ3v) is 10.4. The summed E-state index contributed by atoms with van der Waals surface area (Å²) in [4.78, 5) is 2.38. The van der Waals surface area contributed by atoms with Gasteiger partial charge in [-0.05, 0) is 119 Å². The zero-order valence-corrected chi connectivity index (χ0v) is 28.0. The van der Waals surface area contributed by atoms with Gasteiger partial charge in [-0.15, -0.1) is 0 Å². The Bertz CT molecular complexity index is 2900. The van der Waals surface area contributed by atoms with Gasteiger partial charge in [0.25, 0.3) is 0 Å². The van der Waals surface area contributed by atoms with Crippen LogP contribution >= 0.6 is 0 Å². The zero-order valence-electron chi connectivity index (χ0n) is 28.0. The minimum atomic E-state index is 1.11. The molecule has 1 heteroatoms. The van der Waals surface area contributed by atoms with Gasteiger partial charge < -0.3 is 4.90 Å². The van der Waals surface area contributed by atoms with Gasteiger partial charge in [0, 0.05) is 17.1 Å². The number of hydrogen-bond acceptors (Lipinski definition) is 1. The fourth-order valence-electron chi connectivity index (χ4n) is 7.84. The topological polar surface area (TPSA) is 3.24 Å². The lowest BCUT2D eigenvalue weighted by Gasteiger charge is -2.26. The first-order valence-electron chi connectivity index (χ1n) is 17.6. The van der Waals surface area contributed by atoms with Crippen molar-refractivity contribution in [3.8, 4) is 22.3 Å². The van der Waals surface area contributed by atoms with Gasteiger partial charge in [0.2, 0.25) is 0 Å². The zero-order chi connectivity index (χ0) is 33.7. The second-order valence-corrected chi connectivity index (χ2v) is 13.4. The number of fused-ring (bicyclic) bond motifs is 7.